The van der Waals surface area contributed by atoms with Gasteiger partial charge in [0.2, 0.25) is 5.43 Å². The average molecular weight is 361 g/mol. The number of aromatic nitrogens is 1. The second kappa shape index (κ2) is 6.57. The van der Waals surface area contributed by atoms with Crippen molar-refractivity contribution in [3.8, 4) is 5.75 Å². The first-order valence-electron chi connectivity index (χ1n) is 7.38. The van der Waals surface area contributed by atoms with Gasteiger partial charge < -0.3 is 15.0 Å². The van der Waals surface area contributed by atoms with Crippen LogP contribution in [0.1, 0.15) is 17.3 Å². The zero-order valence-corrected chi connectivity index (χ0v) is 14.2. The van der Waals surface area contributed by atoms with Crippen LogP contribution in [-0.4, -0.2) is 17.9 Å². The summed E-state index contributed by atoms with van der Waals surface area (Å²) in [4.78, 5) is 27.9. The fourth-order valence-corrected chi connectivity index (χ4v) is 2.88. The number of pyridine rings is 1. The highest BCUT2D eigenvalue weighted by Crippen LogP contribution is 2.31. The molecule has 1 heterocycles. The second-order valence-corrected chi connectivity index (χ2v) is 5.80. The predicted molar refractivity (Wildman–Crippen MR) is 95.8 cm³/mol. The summed E-state index contributed by atoms with van der Waals surface area (Å²) in [5.41, 5.74) is 0.123. The molecule has 0 atom stereocenters. The number of Topliss-reactive ketones (excluding diaryl/α,β-unsaturated/α-hetero) is 1. The molecule has 0 radical (unpaired) electrons. The Balaban J connectivity index is 2.32. The summed E-state index contributed by atoms with van der Waals surface area (Å²) in [5.74, 6) is -0.343. The highest BCUT2D eigenvalue weighted by molar-refractivity contribution is 6.35. The molecule has 0 saturated heterocycles. The summed E-state index contributed by atoms with van der Waals surface area (Å²) in [6.07, 6.45) is 0. The molecule has 0 aliphatic rings. The van der Waals surface area contributed by atoms with E-state index >= 15 is 0 Å². The van der Waals surface area contributed by atoms with Gasteiger partial charge in [-0.2, -0.15) is 0 Å². The van der Waals surface area contributed by atoms with Crippen molar-refractivity contribution in [3.05, 3.63) is 63.0 Å². The molecule has 0 unspecified atom stereocenters. The number of rotatable bonds is 4. The molecule has 0 saturated carbocycles. The van der Waals surface area contributed by atoms with Gasteiger partial charge in [0.05, 0.1) is 23.0 Å². The molecule has 0 amide bonds. The number of fused-ring (bicyclic) bond motifs is 1. The van der Waals surface area contributed by atoms with E-state index < -0.39 is 17.0 Å². The van der Waals surface area contributed by atoms with Crippen molar-refractivity contribution in [2.45, 2.75) is 6.92 Å². The molecule has 3 aromatic rings. The van der Waals surface area contributed by atoms with Crippen LogP contribution in [0.25, 0.3) is 10.9 Å². The first-order valence-corrected chi connectivity index (χ1v) is 7.76. The lowest BCUT2D eigenvalue weighted by atomic mass is 10.1. The average Bonchev–Trinajstić information content (AvgIpc) is 2.54. The van der Waals surface area contributed by atoms with Crippen LogP contribution in [0, 0.1) is 5.82 Å². The molecule has 0 fully saturated rings. The Bertz CT molecular complexity index is 1050. The smallest absolute Gasteiger partial charge is 0.204 e. The van der Waals surface area contributed by atoms with Crippen LogP contribution in [0.15, 0.2) is 41.2 Å². The van der Waals surface area contributed by atoms with E-state index in [9.17, 15) is 14.0 Å². The molecule has 1 aromatic heterocycles. The van der Waals surface area contributed by atoms with Gasteiger partial charge >= 0.3 is 0 Å². The van der Waals surface area contributed by atoms with Crippen LogP contribution >= 0.6 is 11.6 Å². The van der Waals surface area contributed by atoms with Crippen molar-refractivity contribution in [1.29, 1.82) is 0 Å². The van der Waals surface area contributed by atoms with Gasteiger partial charge in [-0.3, -0.25) is 9.59 Å². The Hall–Kier alpha value is -2.86. The number of nitrogens with one attached hydrogen (secondary N) is 2. The molecule has 25 heavy (non-hydrogen) atoms. The summed E-state index contributed by atoms with van der Waals surface area (Å²) in [6.45, 7) is 1.28. The number of benzene rings is 2. The summed E-state index contributed by atoms with van der Waals surface area (Å²) in [7, 11) is 1.46. The standard InChI is InChI=1S/C18H14ClFN2O3/c1-9(23)14-17(24)15-12(19)6-7-13(25-2)16(15)22-18(14)21-11-5-3-4-10(20)8-11/h3-8H,1-2H3,(H2,21,22,24). The molecule has 7 heteroatoms. The molecule has 0 aliphatic heterocycles. The number of anilines is 2. The van der Waals surface area contributed by atoms with E-state index in [1.54, 1.807) is 12.1 Å². The minimum atomic E-state index is -0.524. The van der Waals surface area contributed by atoms with Gasteiger partial charge in [0, 0.05) is 5.69 Å². The van der Waals surface area contributed by atoms with Gasteiger partial charge in [0.25, 0.3) is 0 Å². The van der Waals surface area contributed by atoms with Crippen molar-refractivity contribution in [2.24, 2.45) is 0 Å². The van der Waals surface area contributed by atoms with Gasteiger partial charge in [0.15, 0.2) is 5.78 Å². The maximum Gasteiger partial charge on any atom is 0.204 e. The van der Waals surface area contributed by atoms with E-state index in [0.717, 1.165) is 0 Å². The number of methoxy groups -OCH3 is 1. The monoisotopic (exact) mass is 360 g/mol. The molecule has 5 nitrogen and oxygen atoms in total. The lowest BCUT2D eigenvalue weighted by Gasteiger charge is -2.14. The zero-order valence-electron chi connectivity index (χ0n) is 13.4. The van der Waals surface area contributed by atoms with Gasteiger partial charge in [-0.25, -0.2) is 4.39 Å². The van der Waals surface area contributed by atoms with E-state index in [0.29, 0.717) is 17.0 Å². The van der Waals surface area contributed by atoms with Crippen molar-refractivity contribution in [2.75, 3.05) is 12.4 Å². The predicted octanol–water partition coefficient (Wildman–Crippen LogP) is 4.28. The van der Waals surface area contributed by atoms with Crippen molar-refractivity contribution in [1.82, 2.24) is 4.98 Å². The summed E-state index contributed by atoms with van der Waals surface area (Å²) in [5, 5.41) is 3.25. The normalized spacial score (nSPS) is 10.7. The fraction of sp³-hybridized carbons (Fsp3) is 0.111. The molecule has 0 spiro atoms. The Labute approximate surface area is 147 Å². The Kier molecular flexibility index (Phi) is 4.46. The first kappa shape index (κ1) is 17.0. The van der Waals surface area contributed by atoms with Crippen molar-refractivity contribution >= 4 is 39.8 Å². The highest BCUT2D eigenvalue weighted by Gasteiger charge is 2.20. The van der Waals surface area contributed by atoms with E-state index in [1.165, 1.54) is 38.3 Å². The summed E-state index contributed by atoms with van der Waals surface area (Å²) in [6, 6.07) is 8.82. The number of H-pyrrole nitrogens is 1. The number of aromatic amines is 1. The maximum absolute atomic E-state index is 13.4. The van der Waals surface area contributed by atoms with E-state index in [2.05, 4.69) is 10.3 Å². The Morgan fingerprint density at radius 1 is 1.28 bits per heavy atom. The number of halogens is 2. The van der Waals surface area contributed by atoms with E-state index in [-0.39, 0.29) is 21.8 Å². The molecular weight excluding hydrogens is 347 g/mol. The molecular formula is C18H14ClFN2O3. The third-order valence-electron chi connectivity index (χ3n) is 3.74. The molecule has 0 aliphatic carbocycles. The van der Waals surface area contributed by atoms with Crippen LogP contribution < -0.4 is 15.5 Å². The summed E-state index contributed by atoms with van der Waals surface area (Å²) >= 11 is 6.14. The van der Waals surface area contributed by atoms with E-state index in [4.69, 9.17) is 16.3 Å². The topological polar surface area (TPSA) is 71.2 Å². The van der Waals surface area contributed by atoms with Crippen molar-refractivity contribution < 1.29 is 13.9 Å². The molecule has 2 N–H and O–H groups in total. The number of carbonyl (C=O) groups is 1. The van der Waals surface area contributed by atoms with Gasteiger partial charge in [0.1, 0.15) is 22.9 Å². The summed E-state index contributed by atoms with van der Waals surface area (Å²) < 4.78 is 18.7. The SMILES string of the molecule is COc1ccc(Cl)c2c(=O)c(C(C)=O)c(Nc3cccc(F)c3)[nH]c12. The fourth-order valence-electron chi connectivity index (χ4n) is 2.64. The third-order valence-corrected chi connectivity index (χ3v) is 4.05. The first-order chi connectivity index (χ1) is 11.9. The largest absolute Gasteiger partial charge is 0.495 e. The second-order valence-electron chi connectivity index (χ2n) is 5.40. The van der Waals surface area contributed by atoms with Gasteiger partial charge in [-0.1, -0.05) is 17.7 Å². The van der Waals surface area contributed by atoms with Crippen LogP contribution in [0.4, 0.5) is 15.9 Å². The lowest BCUT2D eigenvalue weighted by molar-refractivity contribution is 0.101. The lowest BCUT2D eigenvalue weighted by Crippen LogP contribution is -2.18. The quantitative estimate of drug-likeness (QED) is 0.681. The number of carbonyl (C=O) groups excluding carboxylic acids is 1. The van der Waals surface area contributed by atoms with Crippen LogP contribution in [0.5, 0.6) is 5.75 Å². The zero-order chi connectivity index (χ0) is 18.1. The molecule has 3 rings (SSSR count). The number of ether oxygens (including phenoxy) is 1. The van der Waals surface area contributed by atoms with Crippen LogP contribution in [-0.2, 0) is 0 Å². The molecule has 0 bridgehead atoms. The van der Waals surface area contributed by atoms with Crippen molar-refractivity contribution in [3.63, 3.8) is 0 Å². The third kappa shape index (κ3) is 3.08. The maximum atomic E-state index is 13.4. The number of ketones is 1. The van der Waals surface area contributed by atoms with Gasteiger partial charge in [-0.05, 0) is 37.3 Å². The minimum Gasteiger partial charge on any atom is -0.495 e. The molecule has 128 valence electrons. The van der Waals surface area contributed by atoms with Gasteiger partial charge in [-0.15, -0.1) is 0 Å². The molecule has 2 aromatic carbocycles. The van der Waals surface area contributed by atoms with Crippen LogP contribution in [0.2, 0.25) is 5.02 Å². The Morgan fingerprint density at radius 3 is 2.68 bits per heavy atom. The highest BCUT2D eigenvalue weighted by atomic mass is 35.5. The minimum absolute atomic E-state index is 0.0908. The van der Waals surface area contributed by atoms with Crippen LogP contribution in [0.3, 0.4) is 0 Å². The van der Waals surface area contributed by atoms with E-state index in [1.807, 2.05) is 0 Å². The number of hydrogen-bond donors (Lipinski definition) is 2. The number of hydrogen-bond acceptors (Lipinski definition) is 4. The Morgan fingerprint density at radius 2 is 2.04 bits per heavy atom.